The van der Waals surface area contributed by atoms with Gasteiger partial charge in [-0.05, 0) is 44.2 Å². The summed E-state index contributed by atoms with van der Waals surface area (Å²) in [5.74, 6) is -1.39. The van der Waals surface area contributed by atoms with Gasteiger partial charge in [0.1, 0.15) is 17.2 Å². The Morgan fingerprint density at radius 3 is 2.55 bits per heavy atom. The van der Waals surface area contributed by atoms with E-state index in [4.69, 9.17) is 4.74 Å². The van der Waals surface area contributed by atoms with Crippen molar-refractivity contribution in [2.24, 2.45) is 5.92 Å². The van der Waals surface area contributed by atoms with Gasteiger partial charge in [0, 0.05) is 18.2 Å². The Kier molecular flexibility index (Phi) is 4.53. The fourth-order valence-electron chi connectivity index (χ4n) is 3.13. The van der Waals surface area contributed by atoms with Gasteiger partial charge in [-0.2, -0.15) is 0 Å². The monoisotopic (exact) mass is 282 g/mol. The first-order valence-corrected chi connectivity index (χ1v) is 7.11. The van der Waals surface area contributed by atoms with Crippen LogP contribution in [-0.2, 0) is 4.74 Å². The van der Waals surface area contributed by atoms with Gasteiger partial charge in [0.05, 0.1) is 0 Å². The van der Waals surface area contributed by atoms with Gasteiger partial charge in [-0.1, -0.05) is 13.3 Å². The maximum Gasteiger partial charge on any atom is 0.194 e. The van der Waals surface area contributed by atoms with Crippen LogP contribution < -0.4 is 0 Å². The van der Waals surface area contributed by atoms with Crippen molar-refractivity contribution in [2.75, 3.05) is 6.61 Å². The number of hydrogen-bond donors (Lipinski definition) is 0. The van der Waals surface area contributed by atoms with E-state index >= 15 is 0 Å². The van der Waals surface area contributed by atoms with Crippen LogP contribution in [-0.4, -0.2) is 18.0 Å². The van der Waals surface area contributed by atoms with Crippen molar-refractivity contribution >= 4 is 5.78 Å². The Morgan fingerprint density at radius 1 is 1.35 bits per heavy atom. The molecule has 2 nitrogen and oxygen atoms in total. The van der Waals surface area contributed by atoms with Gasteiger partial charge in [0.2, 0.25) is 0 Å². The van der Waals surface area contributed by atoms with E-state index in [9.17, 15) is 13.6 Å². The average molecular weight is 282 g/mol. The van der Waals surface area contributed by atoms with Crippen molar-refractivity contribution < 1.29 is 18.3 Å². The van der Waals surface area contributed by atoms with Crippen molar-refractivity contribution in [2.45, 2.75) is 45.1 Å². The standard InChI is InChI=1S/C16H20F2O2/c1-3-20-16(6-4-5-11(2)10-16)15(19)12-7-13(17)9-14(18)8-12/h7-9,11H,3-6,10H2,1-2H3. The first-order valence-electron chi connectivity index (χ1n) is 7.11. The van der Waals surface area contributed by atoms with Crippen LogP contribution in [0.3, 0.4) is 0 Å². The lowest BCUT2D eigenvalue weighted by atomic mass is 9.74. The topological polar surface area (TPSA) is 26.3 Å². The summed E-state index contributed by atoms with van der Waals surface area (Å²) in [5.41, 5.74) is -0.864. The number of hydrogen-bond acceptors (Lipinski definition) is 2. The van der Waals surface area contributed by atoms with Crippen LogP contribution >= 0.6 is 0 Å². The molecule has 0 amide bonds. The minimum atomic E-state index is -0.924. The van der Waals surface area contributed by atoms with Crippen molar-refractivity contribution in [3.63, 3.8) is 0 Å². The second kappa shape index (κ2) is 6.00. The summed E-state index contributed by atoms with van der Waals surface area (Å²) in [5, 5.41) is 0. The lowest BCUT2D eigenvalue weighted by molar-refractivity contribution is -0.0512. The zero-order valence-electron chi connectivity index (χ0n) is 11.9. The number of Topliss-reactive ketones (excluding diaryl/α,β-unsaturated/α-hetero) is 1. The number of rotatable bonds is 4. The largest absolute Gasteiger partial charge is 0.367 e. The van der Waals surface area contributed by atoms with Crippen LogP contribution in [0, 0.1) is 17.6 Å². The molecular formula is C16H20F2O2. The second-order valence-corrected chi connectivity index (χ2v) is 5.62. The molecular weight excluding hydrogens is 262 g/mol. The molecule has 0 spiro atoms. The molecule has 1 aromatic rings. The summed E-state index contributed by atoms with van der Waals surface area (Å²) in [6.45, 7) is 4.32. The van der Waals surface area contributed by atoms with E-state index in [1.54, 1.807) is 0 Å². The molecule has 0 bridgehead atoms. The normalized spacial score (nSPS) is 26.5. The summed E-state index contributed by atoms with van der Waals surface area (Å²) in [4.78, 5) is 12.7. The van der Waals surface area contributed by atoms with E-state index in [1.165, 1.54) is 0 Å². The van der Waals surface area contributed by atoms with Gasteiger partial charge in [0.25, 0.3) is 0 Å². The molecule has 2 unspecified atom stereocenters. The van der Waals surface area contributed by atoms with Gasteiger partial charge >= 0.3 is 0 Å². The predicted octanol–water partition coefficient (Wildman–Crippen LogP) is 4.13. The summed E-state index contributed by atoms with van der Waals surface area (Å²) in [7, 11) is 0. The number of carbonyl (C=O) groups excluding carboxylic acids is 1. The number of carbonyl (C=O) groups is 1. The van der Waals surface area contributed by atoms with E-state index in [1.807, 2.05) is 6.92 Å². The molecule has 20 heavy (non-hydrogen) atoms. The SMILES string of the molecule is CCOC1(C(=O)c2cc(F)cc(F)c2)CCCC(C)C1. The van der Waals surface area contributed by atoms with E-state index in [2.05, 4.69) is 6.92 Å². The Hall–Kier alpha value is -1.29. The van der Waals surface area contributed by atoms with E-state index < -0.39 is 17.2 Å². The maximum atomic E-state index is 13.3. The average Bonchev–Trinajstić information content (AvgIpc) is 2.37. The first kappa shape index (κ1) is 15.1. The first-order chi connectivity index (χ1) is 9.47. The summed E-state index contributed by atoms with van der Waals surface area (Å²) in [6.07, 6.45) is 3.17. The zero-order chi connectivity index (χ0) is 14.8. The fraction of sp³-hybridized carbons (Fsp3) is 0.562. The molecule has 1 fully saturated rings. The third-order valence-electron chi connectivity index (χ3n) is 3.91. The van der Waals surface area contributed by atoms with Gasteiger partial charge in [-0.25, -0.2) is 8.78 Å². The molecule has 0 aromatic heterocycles. The smallest absolute Gasteiger partial charge is 0.194 e. The molecule has 0 aliphatic heterocycles. The summed E-state index contributed by atoms with van der Waals surface area (Å²) < 4.78 is 32.4. The van der Waals surface area contributed by atoms with Crippen molar-refractivity contribution in [1.82, 2.24) is 0 Å². The van der Waals surface area contributed by atoms with E-state index in [0.717, 1.165) is 31.0 Å². The van der Waals surface area contributed by atoms with E-state index in [0.29, 0.717) is 25.4 Å². The van der Waals surface area contributed by atoms with Gasteiger partial charge in [0.15, 0.2) is 5.78 Å². The Labute approximate surface area is 118 Å². The lowest BCUT2D eigenvalue weighted by Gasteiger charge is -2.38. The van der Waals surface area contributed by atoms with Crippen LogP contribution in [0.25, 0.3) is 0 Å². The molecule has 2 atom stereocenters. The molecule has 1 aliphatic carbocycles. The second-order valence-electron chi connectivity index (χ2n) is 5.62. The van der Waals surface area contributed by atoms with Crippen LogP contribution in [0.1, 0.15) is 49.9 Å². The number of benzene rings is 1. The number of ether oxygens (including phenoxy) is 1. The van der Waals surface area contributed by atoms with Gasteiger partial charge in [-0.15, -0.1) is 0 Å². The highest BCUT2D eigenvalue weighted by Gasteiger charge is 2.43. The van der Waals surface area contributed by atoms with Gasteiger partial charge < -0.3 is 4.74 Å². The van der Waals surface area contributed by atoms with Crippen LogP contribution in [0.2, 0.25) is 0 Å². The van der Waals surface area contributed by atoms with E-state index in [-0.39, 0.29) is 11.3 Å². The zero-order valence-corrected chi connectivity index (χ0v) is 11.9. The third kappa shape index (κ3) is 3.06. The number of halogens is 2. The number of ketones is 1. The third-order valence-corrected chi connectivity index (χ3v) is 3.91. The summed E-state index contributed by atoms with van der Waals surface area (Å²) in [6, 6.07) is 2.95. The minimum Gasteiger partial charge on any atom is -0.367 e. The Bertz CT molecular complexity index is 477. The quantitative estimate of drug-likeness (QED) is 0.776. The minimum absolute atomic E-state index is 0.0602. The Balaban J connectivity index is 2.35. The molecule has 2 rings (SSSR count). The highest BCUT2D eigenvalue weighted by atomic mass is 19.1. The predicted molar refractivity (Wildman–Crippen MR) is 72.7 cm³/mol. The molecule has 1 saturated carbocycles. The molecule has 1 aromatic carbocycles. The summed E-state index contributed by atoms with van der Waals surface area (Å²) >= 11 is 0. The molecule has 0 heterocycles. The molecule has 0 saturated heterocycles. The fourth-order valence-corrected chi connectivity index (χ4v) is 3.13. The molecule has 0 radical (unpaired) electrons. The van der Waals surface area contributed by atoms with Crippen LogP contribution in [0.15, 0.2) is 18.2 Å². The van der Waals surface area contributed by atoms with Crippen molar-refractivity contribution in [3.8, 4) is 0 Å². The molecule has 110 valence electrons. The highest BCUT2D eigenvalue weighted by molar-refractivity contribution is 6.02. The molecule has 4 heteroatoms. The molecule has 0 N–H and O–H groups in total. The Morgan fingerprint density at radius 2 is 2.00 bits per heavy atom. The maximum absolute atomic E-state index is 13.3. The van der Waals surface area contributed by atoms with Crippen LogP contribution in [0.4, 0.5) is 8.78 Å². The van der Waals surface area contributed by atoms with Crippen molar-refractivity contribution in [1.29, 1.82) is 0 Å². The van der Waals surface area contributed by atoms with Crippen LogP contribution in [0.5, 0.6) is 0 Å². The lowest BCUT2D eigenvalue weighted by Crippen LogP contribution is -2.45. The highest BCUT2D eigenvalue weighted by Crippen LogP contribution is 2.37. The molecule has 1 aliphatic rings. The van der Waals surface area contributed by atoms with Crippen molar-refractivity contribution in [3.05, 3.63) is 35.4 Å². The van der Waals surface area contributed by atoms with Gasteiger partial charge in [-0.3, -0.25) is 4.79 Å².